The summed E-state index contributed by atoms with van der Waals surface area (Å²) in [4.78, 5) is 24.7. The first-order valence-electron chi connectivity index (χ1n) is 10.2. The second-order valence-electron chi connectivity index (χ2n) is 7.77. The van der Waals surface area contributed by atoms with Crippen molar-refractivity contribution < 1.29 is 27.1 Å². The largest absolute Gasteiger partial charge is 0.449 e. The molecule has 0 aromatic heterocycles. The predicted molar refractivity (Wildman–Crippen MR) is 119 cm³/mol. The van der Waals surface area contributed by atoms with E-state index in [1.165, 1.54) is 41.6 Å². The number of hydrogen-bond acceptors (Lipinski definition) is 5. The maximum atomic E-state index is 13.7. The molecule has 1 heterocycles. The number of piperidine rings is 1. The smallest absolute Gasteiger partial charge is 0.338 e. The van der Waals surface area contributed by atoms with Crippen LogP contribution in [0.15, 0.2) is 47.4 Å². The molecule has 1 amide bonds. The van der Waals surface area contributed by atoms with E-state index in [2.05, 4.69) is 5.32 Å². The Kier molecular flexibility index (Phi) is 7.53. The maximum Gasteiger partial charge on any atom is 0.338 e. The lowest BCUT2D eigenvalue weighted by Gasteiger charge is -2.30. The number of hydrogen-bond donors (Lipinski definition) is 1. The van der Waals surface area contributed by atoms with Crippen LogP contribution in [0.5, 0.6) is 0 Å². The van der Waals surface area contributed by atoms with Crippen molar-refractivity contribution in [1.82, 2.24) is 4.31 Å². The zero-order valence-corrected chi connectivity index (χ0v) is 19.2. The van der Waals surface area contributed by atoms with Gasteiger partial charge in [0.25, 0.3) is 5.91 Å². The van der Waals surface area contributed by atoms with Crippen LogP contribution in [-0.2, 0) is 19.6 Å². The highest BCUT2D eigenvalue weighted by Crippen LogP contribution is 2.29. The topological polar surface area (TPSA) is 92.8 Å². The van der Waals surface area contributed by atoms with Crippen LogP contribution >= 0.6 is 11.6 Å². The van der Waals surface area contributed by atoms with E-state index in [1.807, 2.05) is 6.92 Å². The highest BCUT2D eigenvalue weighted by molar-refractivity contribution is 7.89. The van der Waals surface area contributed by atoms with Gasteiger partial charge in [-0.1, -0.05) is 30.7 Å². The first-order chi connectivity index (χ1) is 15.1. The summed E-state index contributed by atoms with van der Waals surface area (Å²) < 4.78 is 46.4. The number of anilines is 1. The molecule has 2 atom stereocenters. The summed E-state index contributed by atoms with van der Waals surface area (Å²) in [5.74, 6) is -2.04. The Bertz CT molecular complexity index is 1130. The molecule has 2 aromatic carbocycles. The van der Waals surface area contributed by atoms with E-state index in [0.29, 0.717) is 13.1 Å². The maximum absolute atomic E-state index is 13.7. The van der Waals surface area contributed by atoms with Crippen LogP contribution in [0, 0.1) is 11.7 Å². The number of esters is 1. The third-order valence-corrected chi connectivity index (χ3v) is 7.54. The molecule has 0 saturated carbocycles. The van der Waals surface area contributed by atoms with E-state index >= 15 is 0 Å². The lowest BCUT2D eigenvalue weighted by Crippen LogP contribution is -2.39. The molecule has 172 valence electrons. The second-order valence-corrected chi connectivity index (χ2v) is 10.1. The Hall–Kier alpha value is -2.49. The van der Waals surface area contributed by atoms with Crippen molar-refractivity contribution in [3.63, 3.8) is 0 Å². The Morgan fingerprint density at radius 3 is 2.66 bits per heavy atom. The standard InChI is InChI=1S/C22H24ClFN2O5S/c1-14-6-5-11-26(13-14)32(29,30)20-12-16(9-10-17(20)23)22(28)31-15(2)21(27)25-19-8-4-3-7-18(19)24/h3-4,7-10,12,14-15H,5-6,11,13H2,1-2H3,(H,25,27). The first kappa shape index (κ1) is 24.2. The van der Waals surface area contributed by atoms with Gasteiger partial charge in [0, 0.05) is 13.1 Å². The molecule has 0 bridgehead atoms. The van der Waals surface area contributed by atoms with Gasteiger partial charge in [0.1, 0.15) is 10.7 Å². The van der Waals surface area contributed by atoms with Gasteiger partial charge in [-0.2, -0.15) is 4.31 Å². The van der Waals surface area contributed by atoms with E-state index < -0.39 is 33.8 Å². The number of ether oxygens (including phenoxy) is 1. The summed E-state index contributed by atoms with van der Waals surface area (Å²) in [6, 6.07) is 9.37. The normalized spacial score (nSPS) is 18.1. The third-order valence-electron chi connectivity index (χ3n) is 5.19. The summed E-state index contributed by atoms with van der Waals surface area (Å²) >= 11 is 6.14. The van der Waals surface area contributed by atoms with Crippen molar-refractivity contribution in [1.29, 1.82) is 0 Å². The summed E-state index contributed by atoms with van der Waals surface area (Å²) in [7, 11) is -3.90. The van der Waals surface area contributed by atoms with Crippen molar-refractivity contribution in [3.8, 4) is 0 Å². The van der Waals surface area contributed by atoms with Crippen molar-refractivity contribution in [3.05, 3.63) is 58.9 Å². The van der Waals surface area contributed by atoms with Crippen LogP contribution in [-0.4, -0.2) is 43.8 Å². The van der Waals surface area contributed by atoms with Crippen LogP contribution in [0.2, 0.25) is 5.02 Å². The van der Waals surface area contributed by atoms with Crippen LogP contribution in [0.4, 0.5) is 10.1 Å². The molecule has 0 spiro atoms. The fourth-order valence-electron chi connectivity index (χ4n) is 3.41. The van der Waals surface area contributed by atoms with Crippen molar-refractivity contribution >= 4 is 39.2 Å². The molecule has 3 rings (SSSR count). The molecule has 2 aromatic rings. The minimum Gasteiger partial charge on any atom is -0.449 e. The Balaban J connectivity index is 1.75. The number of rotatable bonds is 6. The average molecular weight is 483 g/mol. The number of nitrogens with one attached hydrogen (secondary N) is 1. The van der Waals surface area contributed by atoms with Gasteiger partial charge in [-0.3, -0.25) is 4.79 Å². The molecule has 2 unspecified atom stereocenters. The Morgan fingerprint density at radius 2 is 1.97 bits per heavy atom. The third kappa shape index (κ3) is 5.46. The van der Waals surface area contributed by atoms with Gasteiger partial charge in [-0.15, -0.1) is 0 Å². The number of halogens is 2. The molecule has 0 radical (unpaired) electrons. The van der Waals surface area contributed by atoms with Crippen molar-refractivity contribution in [2.75, 3.05) is 18.4 Å². The monoisotopic (exact) mass is 482 g/mol. The highest BCUT2D eigenvalue weighted by Gasteiger charge is 2.31. The fraction of sp³-hybridized carbons (Fsp3) is 0.364. The summed E-state index contributed by atoms with van der Waals surface area (Å²) in [5.41, 5.74) is -0.111. The quantitative estimate of drug-likeness (QED) is 0.626. The van der Waals surface area contributed by atoms with E-state index in [9.17, 15) is 22.4 Å². The number of para-hydroxylation sites is 1. The lowest BCUT2D eigenvalue weighted by atomic mass is 10.0. The van der Waals surface area contributed by atoms with Gasteiger partial charge in [0.15, 0.2) is 6.10 Å². The molecule has 0 aliphatic carbocycles. The highest BCUT2D eigenvalue weighted by atomic mass is 35.5. The summed E-state index contributed by atoms with van der Waals surface area (Å²) in [6.45, 7) is 4.06. The molecular weight excluding hydrogens is 459 g/mol. The van der Waals surface area contributed by atoms with Crippen LogP contribution in [0.25, 0.3) is 0 Å². The molecule has 1 aliphatic heterocycles. The molecule has 1 saturated heterocycles. The molecule has 7 nitrogen and oxygen atoms in total. The zero-order chi connectivity index (χ0) is 23.5. The van der Waals surface area contributed by atoms with Gasteiger partial charge in [-0.25, -0.2) is 17.6 Å². The number of nitrogens with zero attached hydrogens (tertiary/aromatic N) is 1. The summed E-state index contributed by atoms with van der Waals surface area (Å²) in [5, 5.41) is 2.33. The van der Waals surface area contributed by atoms with E-state index in [1.54, 1.807) is 6.07 Å². The van der Waals surface area contributed by atoms with Crippen LogP contribution in [0.3, 0.4) is 0 Å². The van der Waals surface area contributed by atoms with Gasteiger partial charge in [0.05, 0.1) is 16.3 Å². The number of benzene rings is 2. The minimum absolute atomic E-state index is 0.00915. The van der Waals surface area contributed by atoms with Gasteiger partial charge >= 0.3 is 5.97 Å². The average Bonchev–Trinajstić information content (AvgIpc) is 2.75. The molecule has 10 heteroatoms. The Labute approximate surface area is 191 Å². The lowest BCUT2D eigenvalue weighted by molar-refractivity contribution is -0.123. The van der Waals surface area contributed by atoms with Crippen LogP contribution < -0.4 is 5.32 Å². The van der Waals surface area contributed by atoms with E-state index in [-0.39, 0.29) is 27.1 Å². The number of carbonyl (C=O) groups excluding carboxylic acids is 2. The molecular formula is C22H24ClFN2O5S. The second kappa shape index (κ2) is 9.97. The predicted octanol–water partition coefficient (Wildman–Crippen LogP) is 4.08. The van der Waals surface area contributed by atoms with Crippen molar-refractivity contribution in [2.24, 2.45) is 5.92 Å². The molecule has 1 aliphatic rings. The number of carbonyl (C=O) groups is 2. The van der Waals surface area contributed by atoms with E-state index in [0.717, 1.165) is 18.9 Å². The molecule has 32 heavy (non-hydrogen) atoms. The van der Waals surface area contributed by atoms with Gasteiger partial charge in [0.2, 0.25) is 10.0 Å². The van der Waals surface area contributed by atoms with Crippen molar-refractivity contribution in [2.45, 2.75) is 37.7 Å². The van der Waals surface area contributed by atoms with E-state index in [4.69, 9.17) is 16.3 Å². The zero-order valence-electron chi connectivity index (χ0n) is 17.7. The molecule has 1 fully saturated rings. The van der Waals surface area contributed by atoms with Gasteiger partial charge < -0.3 is 10.1 Å². The molecule has 1 N–H and O–H groups in total. The Morgan fingerprint density at radius 1 is 1.25 bits per heavy atom. The fourth-order valence-corrected chi connectivity index (χ4v) is 5.51. The summed E-state index contributed by atoms with van der Waals surface area (Å²) in [6.07, 6.45) is 0.439. The number of amides is 1. The number of sulfonamides is 1. The first-order valence-corrected chi connectivity index (χ1v) is 12.0. The van der Waals surface area contributed by atoms with Gasteiger partial charge in [-0.05, 0) is 56.0 Å². The SMILES string of the molecule is CC1CCCN(S(=O)(=O)c2cc(C(=O)OC(C)C(=O)Nc3ccccc3F)ccc2Cl)C1. The minimum atomic E-state index is -3.90. The van der Waals surface area contributed by atoms with Crippen LogP contribution in [0.1, 0.15) is 37.0 Å².